The molecular formula is C10H10BrFN4. The first kappa shape index (κ1) is 10.9. The maximum absolute atomic E-state index is 13.5. The molecule has 4 nitrogen and oxygen atoms in total. The van der Waals surface area contributed by atoms with Crippen LogP contribution in [-0.2, 0) is 7.05 Å². The normalized spacial score (nSPS) is 10.4. The smallest absolute Gasteiger partial charge is 0.175 e. The van der Waals surface area contributed by atoms with Gasteiger partial charge in [0.2, 0.25) is 0 Å². The minimum absolute atomic E-state index is 0.341. The molecular weight excluding hydrogens is 275 g/mol. The number of anilines is 3. The molecule has 1 heterocycles. The Bertz CT molecular complexity index is 524. The molecule has 0 aliphatic carbocycles. The van der Waals surface area contributed by atoms with Crippen LogP contribution < -0.4 is 11.1 Å². The standard InChI is InChI=1S/C10H10BrFN4/c1-16-5-8(13)10(15-16)14-9-3-2-6(11)4-7(9)12/h2-5H,13H2,1H3,(H,14,15). The maximum atomic E-state index is 13.5. The van der Waals surface area contributed by atoms with Gasteiger partial charge < -0.3 is 11.1 Å². The van der Waals surface area contributed by atoms with Crippen molar-refractivity contribution in [2.24, 2.45) is 7.05 Å². The van der Waals surface area contributed by atoms with Crippen LogP contribution >= 0.6 is 15.9 Å². The molecule has 0 atom stereocenters. The van der Waals surface area contributed by atoms with E-state index in [9.17, 15) is 4.39 Å². The van der Waals surface area contributed by atoms with Crippen LogP contribution in [0.25, 0.3) is 0 Å². The summed E-state index contributed by atoms with van der Waals surface area (Å²) in [6.07, 6.45) is 1.65. The van der Waals surface area contributed by atoms with Crippen molar-refractivity contribution in [2.75, 3.05) is 11.1 Å². The summed E-state index contributed by atoms with van der Waals surface area (Å²) in [7, 11) is 1.75. The Hall–Kier alpha value is -1.56. The number of halogens is 2. The second-order valence-corrected chi connectivity index (χ2v) is 4.27. The molecule has 0 aliphatic heterocycles. The molecule has 2 aromatic rings. The van der Waals surface area contributed by atoms with Crippen molar-refractivity contribution in [1.29, 1.82) is 0 Å². The number of hydrogen-bond acceptors (Lipinski definition) is 3. The summed E-state index contributed by atoms with van der Waals surface area (Å²) < 4.78 is 15.8. The average molecular weight is 285 g/mol. The summed E-state index contributed by atoms with van der Waals surface area (Å²) in [5.41, 5.74) is 6.51. The van der Waals surface area contributed by atoms with Crippen molar-refractivity contribution in [2.45, 2.75) is 0 Å². The molecule has 0 saturated carbocycles. The Kier molecular flexibility index (Phi) is 2.82. The predicted octanol–water partition coefficient (Wildman–Crippen LogP) is 2.65. The lowest BCUT2D eigenvalue weighted by molar-refractivity contribution is 0.631. The average Bonchev–Trinajstić information content (AvgIpc) is 2.50. The molecule has 0 amide bonds. The highest BCUT2D eigenvalue weighted by Gasteiger charge is 2.07. The molecule has 0 bridgehead atoms. The van der Waals surface area contributed by atoms with Crippen molar-refractivity contribution < 1.29 is 4.39 Å². The summed E-state index contributed by atoms with van der Waals surface area (Å²) in [6.45, 7) is 0. The third-order valence-electron chi connectivity index (χ3n) is 2.04. The van der Waals surface area contributed by atoms with E-state index in [2.05, 4.69) is 26.3 Å². The molecule has 0 radical (unpaired) electrons. The summed E-state index contributed by atoms with van der Waals surface area (Å²) in [6, 6.07) is 4.74. The third kappa shape index (κ3) is 2.16. The third-order valence-corrected chi connectivity index (χ3v) is 2.53. The van der Waals surface area contributed by atoms with Gasteiger partial charge in [-0.25, -0.2) is 4.39 Å². The maximum Gasteiger partial charge on any atom is 0.175 e. The molecule has 2 rings (SSSR count). The van der Waals surface area contributed by atoms with Crippen LogP contribution in [0.1, 0.15) is 0 Å². The number of aryl methyl sites for hydroxylation is 1. The summed E-state index contributed by atoms with van der Waals surface area (Å²) in [5, 5.41) is 6.91. The van der Waals surface area contributed by atoms with Gasteiger partial charge in [0.05, 0.1) is 11.4 Å². The van der Waals surface area contributed by atoms with Gasteiger partial charge in [0.1, 0.15) is 5.82 Å². The first-order valence-corrected chi connectivity index (χ1v) is 5.37. The number of nitrogens with zero attached hydrogens (tertiary/aromatic N) is 2. The molecule has 0 unspecified atom stereocenters. The predicted molar refractivity (Wildman–Crippen MR) is 65.0 cm³/mol. The van der Waals surface area contributed by atoms with Crippen LogP contribution in [0.15, 0.2) is 28.9 Å². The Morgan fingerprint density at radius 3 is 2.81 bits per heavy atom. The minimum Gasteiger partial charge on any atom is -0.394 e. The fraction of sp³-hybridized carbons (Fsp3) is 0.100. The van der Waals surface area contributed by atoms with Crippen LogP contribution in [0.5, 0.6) is 0 Å². The monoisotopic (exact) mass is 284 g/mol. The van der Waals surface area contributed by atoms with Gasteiger partial charge in [-0.15, -0.1) is 0 Å². The van der Waals surface area contributed by atoms with Gasteiger partial charge in [-0.2, -0.15) is 5.10 Å². The molecule has 16 heavy (non-hydrogen) atoms. The molecule has 1 aromatic heterocycles. The van der Waals surface area contributed by atoms with Crippen LogP contribution in [-0.4, -0.2) is 9.78 Å². The van der Waals surface area contributed by atoms with Gasteiger partial charge in [0.25, 0.3) is 0 Å². The minimum atomic E-state index is -0.362. The molecule has 84 valence electrons. The SMILES string of the molecule is Cn1cc(N)c(Nc2ccc(Br)cc2F)n1. The van der Waals surface area contributed by atoms with E-state index >= 15 is 0 Å². The van der Waals surface area contributed by atoms with Crippen molar-refractivity contribution in [3.8, 4) is 0 Å². The van der Waals surface area contributed by atoms with Crippen molar-refractivity contribution in [1.82, 2.24) is 9.78 Å². The molecule has 3 N–H and O–H groups in total. The first-order chi connectivity index (χ1) is 7.56. The van der Waals surface area contributed by atoms with Crippen LogP contribution in [0.3, 0.4) is 0 Å². The zero-order valence-electron chi connectivity index (χ0n) is 8.54. The number of aromatic nitrogens is 2. The van der Waals surface area contributed by atoms with E-state index in [1.807, 2.05) is 0 Å². The van der Waals surface area contributed by atoms with E-state index in [4.69, 9.17) is 5.73 Å². The van der Waals surface area contributed by atoms with Crippen molar-refractivity contribution >= 4 is 33.1 Å². The largest absolute Gasteiger partial charge is 0.394 e. The van der Waals surface area contributed by atoms with E-state index < -0.39 is 0 Å². The lowest BCUT2D eigenvalue weighted by Gasteiger charge is -2.05. The molecule has 6 heteroatoms. The van der Waals surface area contributed by atoms with Crippen molar-refractivity contribution in [3.63, 3.8) is 0 Å². The van der Waals surface area contributed by atoms with E-state index in [-0.39, 0.29) is 5.82 Å². The number of nitrogen functional groups attached to an aromatic ring is 1. The van der Waals surface area contributed by atoms with Crippen LogP contribution in [0.2, 0.25) is 0 Å². The molecule has 0 fully saturated rings. The highest BCUT2D eigenvalue weighted by molar-refractivity contribution is 9.10. The number of hydrogen-bond donors (Lipinski definition) is 2. The number of benzene rings is 1. The second kappa shape index (κ2) is 4.13. The van der Waals surface area contributed by atoms with Gasteiger partial charge in [-0.05, 0) is 18.2 Å². The highest BCUT2D eigenvalue weighted by Crippen LogP contribution is 2.25. The topological polar surface area (TPSA) is 55.9 Å². The quantitative estimate of drug-likeness (QED) is 0.891. The summed E-state index contributed by atoms with van der Waals surface area (Å²) in [4.78, 5) is 0. The molecule has 0 aliphatic rings. The van der Waals surface area contributed by atoms with E-state index in [0.717, 1.165) is 0 Å². The lowest BCUT2D eigenvalue weighted by atomic mass is 10.3. The zero-order chi connectivity index (χ0) is 11.7. The van der Waals surface area contributed by atoms with E-state index in [1.54, 1.807) is 30.1 Å². The second-order valence-electron chi connectivity index (χ2n) is 3.36. The lowest BCUT2D eigenvalue weighted by Crippen LogP contribution is -1.98. The molecule has 0 spiro atoms. The molecule has 0 saturated heterocycles. The van der Waals surface area contributed by atoms with Crippen LogP contribution in [0.4, 0.5) is 21.6 Å². The van der Waals surface area contributed by atoms with Gasteiger partial charge in [-0.3, -0.25) is 4.68 Å². The van der Waals surface area contributed by atoms with E-state index in [1.165, 1.54) is 6.07 Å². The Labute approximate surface area is 100 Å². The van der Waals surface area contributed by atoms with Gasteiger partial charge in [0, 0.05) is 17.7 Å². The fourth-order valence-corrected chi connectivity index (χ4v) is 1.66. The number of nitrogens with two attached hydrogens (primary N) is 1. The molecule has 1 aromatic carbocycles. The highest BCUT2D eigenvalue weighted by atomic mass is 79.9. The Morgan fingerprint density at radius 2 is 2.25 bits per heavy atom. The number of rotatable bonds is 2. The fourth-order valence-electron chi connectivity index (χ4n) is 1.32. The van der Waals surface area contributed by atoms with Gasteiger partial charge in [0.15, 0.2) is 5.82 Å². The van der Waals surface area contributed by atoms with E-state index in [0.29, 0.717) is 21.7 Å². The first-order valence-electron chi connectivity index (χ1n) is 4.57. The van der Waals surface area contributed by atoms with Gasteiger partial charge >= 0.3 is 0 Å². The Balaban J connectivity index is 2.30. The van der Waals surface area contributed by atoms with Crippen LogP contribution in [0, 0.1) is 5.82 Å². The number of nitrogens with one attached hydrogen (secondary N) is 1. The van der Waals surface area contributed by atoms with Crippen molar-refractivity contribution in [3.05, 3.63) is 34.7 Å². The zero-order valence-corrected chi connectivity index (χ0v) is 10.1. The summed E-state index contributed by atoms with van der Waals surface area (Å²) >= 11 is 3.19. The summed E-state index contributed by atoms with van der Waals surface area (Å²) in [5.74, 6) is 0.0863. The van der Waals surface area contributed by atoms with Gasteiger partial charge in [-0.1, -0.05) is 15.9 Å². The Morgan fingerprint density at radius 1 is 1.50 bits per heavy atom.